The molecule has 1 amide bonds. The highest BCUT2D eigenvalue weighted by Gasteiger charge is 2.14. The van der Waals surface area contributed by atoms with Crippen molar-refractivity contribution in [1.29, 1.82) is 0 Å². The predicted octanol–water partition coefficient (Wildman–Crippen LogP) is 5.03. The van der Waals surface area contributed by atoms with Gasteiger partial charge in [0.15, 0.2) is 0 Å². The number of anilines is 1. The topological polar surface area (TPSA) is 73.3 Å². The van der Waals surface area contributed by atoms with Gasteiger partial charge in [0, 0.05) is 23.4 Å². The number of carbonyl (C=O) groups excluding carboxylic acids is 1. The second kappa shape index (κ2) is 10.4. The number of hydrogen-bond acceptors (Lipinski definition) is 7. The van der Waals surface area contributed by atoms with Crippen LogP contribution in [-0.2, 0) is 4.79 Å². The molecule has 0 aliphatic carbocycles. The lowest BCUT2D eigenvalue weighted by Gasteiger charge is -2.13. The van der Waals surface area contributed by atoms with Crippen LogP contribution in [0.2, 0.25) is 5.02 Å². The molecule has 6 nitrogen and oxygen atoms in total. The summed E-state index contributed by atoms with van der Waals surface area (Å²) >= 11 is 8.97. The molecule has 2 aromatic carbocycles. The number of halogens is 1. The Labute approximate surface area is 182 Å². The van der Waals surface area contributed by atoms with Crippen molar-refractivity contribution in [1.82, 2.24) is 9.97 Å². The highest BCUT2D eigenvalue weighted by atomic mass is 35.5. The number of ether oxygens (including phenoxy) is 2. The molecule has 3 aromatic rings. The van der Waals surface area contributed by atoms with Crippen LogP contribution in [-0.4, -0.2) is 35.8 Å². The molecule has 0 atom stereocenters. The van der Waals surface area contributed by atoms with Crippen molar-refractivity contribution in [3.8, 4) is 11.5 Å². The van der Waals surface area contributed by atoms with Gasteiger partial charge in [-0.25, -0.2) is 9.97 Å². The Morgan fingerprint density at radius 1 is 1.03 bits per heavy atom. The van der Waals surface area contributed by atoms with Crippen LogP contribution in [0.3, 0.4) is 0 Å². The lowest BCUT2D eigenvalue weighted by molar-refractivity contribution is -0.113. The summed E-state index contributed by atoms with van der Waals surface area (Å²) in [5, 5.41) is 4.64. The Kier molecular flexibility index (Phi) is 7.62. The molecule has 150 valence electrons. The van der Waals surface area contributed by atoms with E-state index in [0.717, 1.165) is 9.92 Å². The molecule has 3 rings (SSSR count). The predicted molar refractivity (Wildman–Crippen MR) is 117 cm³/mol. The fraction of sp³-hybridized carbons (Fsp3) is 0.150. The fourth-order valence-electron chi connectivity index (χ4n) is 2.36. The number of hydrogen-bond donors (Lipinski definition) is 1. The lowest BCUT2D eigenvalue weighted by atomic mass is 10.2. The molecule has 0 saturated carbocycles. The molecule has 0 saturated heterocycles. The number of nitrogens with zero attached hydrogens (tertiary/aromatic N) is 2. The Morgan fingerprint density at radius 3 is 2.41 bits per heavy atom. The Hall–Kier alpha value is -2.42. The van der Waals surface area contributed by atoms with Crippen LogP contribution in [0.5, 0.6) is 11.5 Å². The maximum Gasteiger partial charge on any atom is 0.234 e. The van der Waals surface area contributed by atoms with Gasteiger partial charge in [0.2, 0.25) is 5.91 Å². The number of thioether (sulfide) groups is 1. The normalized spacial score (nSPS) is 10.4. The van der Waals surface area contributed by atoms with Gasteiger partial charge in [0.25, 0.3) is 0 Å². The van der Waals surface area contributed by atoms with Crippen molar-refractivity contribution in [2.45, 2.75) is 14.9 Å². The van der Waals surface area contributed by atoms with Crippen LogP contribution in [0.1, 0.15) is 0 Å². The Balaban J connectivity index is 1.67. The van der Waals surface area contributed by atoms with E-state index >= 15 is 0 Å². The molecule has 0 radical (unpaired) electrons. The minimum absolute atomic E-state index is 0.161. The minimum Gasteiger partial charge on any atom is -0.495 e. The van der Waals surface area contributed by atoms with Gasteiger partial charge in [-0.2, -0.15) is 0 Å². The van der Waals surface area contributed by atoms with Crippen LogP contribution >= 0.6 is 35.1 Å². The number of nitrogens with one attached hydrogen (secondary N) is 1. The average molecular weight is 448 g/mol. The summed E-state index contributed by atoms with van der Waals surface area (Å²) in [7, 11) is 3.03. The Morgan fingerprint density at radius 2 is 1.72 bits per heavy atom. The molecule has 1 aromatic heterocycles. The molecule has 1 heterocycles. The van der Waals surface area contributed by atoms with Crippen molar-refractivity contribution >= 4 is 46.7 Å². The van der Waals surface area contributed by atoms with Gasteiger partial charge in [-0.1, -0.05) is 53.3 Å². The van der Waals surface area contributed by atoms with Gasteiger partial charge in [0.05, 0.1) is 30.7 Å². The first kappa shape index (κ1) is 21.3. The summed E-state index contributed by atoms with van der Waals surface area (Å²) in [4.78, 5) is 22.3. The zero-order chi connectivity index (χ0) is 20.6. The van der Waals surface area contributed by atoms with E-state index in [2.05, 4.69) is 15.3 Å². The largest absolute Gasteiger partial charge is 0.495 e. The molecule has 0 spiro atoms. The molecule has 0 aliphatic rings. The van der Waals surface area contributed by atoms with Gasteiger partial charge < -0.3 is 14.8 Å². The maximum atomic E-state index is 12.5. The van der Waals surface area contributed by atoms with Crippen LogP contribution in [0.4, 0.5) is 5.69 Å². The number of benzene rings is 2. The molecule has 0 aliphatic heterocycles. The average Bonchev–Trinajstić information content (AvgIpc) is 2.74. The van der Waals surface area contributed by atoms with E-state index in [-0.39, 0.29) is 11.7 Å². The highest BCUT2D eigenvalue weighted by Crippen LogP contribution is 2.36. The van der Waals surface area contributed by atoms with E-state index in [4.69, 9.17) is 21.1 Å². The molecular weight excluding hydrogens is 430 g/mol. The van der Waals surface area contributed by atoms with Crippen LogP contribution in [0, 0.1) is 0 Å². The standard InChI is InChI=1S/C20H18ClN3O3S2/c1-26-16-11-17(27-2)15(10-14(16)21)24-18(25)12-28-19-20(23-9-8-22-19)29-13-6-4-3-5-7-13/h3-11H,12H2,1-2H3,(H,24,25). The second-order valence-corrected chi connectivity index (χ2v) is 8.04. The van der Waals surface area contributed by atoms with Crippen molar-refractivity contribution in [2.24, 2.45) is 0 Å². The maximum absolute atomic E-state index is 12.5. The van der Waals surface area contributed by atoms with E-state index in [1.165, 1.54) is 37.7 Å². The monoisotopic (exact) mass is 447 g/mol. The van der Waals surface area contributed by atoms with E-state index in [9.17, 15) is 4.79 Å². The molecule has 0 fully saturated rings. The van der Waals surface area contributed by atoms with Gasteiger partial charge in [-0.3, -0.25) is 4.79 Å². The highest BCUT2D eigenvalue weighted by molar-refractivity contribution is 8.02. The quantitative estimate of drug-likeness (QED) is 0.485. The van der Waals surface area contributed by atoms with Crippen molar-refractivity contribution in [3.05, 3.63) is 59.9 Å². The molecular formula is C20H18ClN3O3S2. The molecule has 9 heteroatoms. The van der Waals surface area contributed by atoms with E-state index in [0.29, 0.717) is 27.2 Å². The van der Waals surface area contributed by atoms with E-state index in [1.807, 2.05) is 30.3 Å². The summed E-state index contributed by atoms with van der Waals surface area (Å²) in [6.07, 6.45) is 3.25. The number of aromatic nitrogens is 2. The van der Waals surface area contributed by atoms with E-state index < -0.39 is 0 Å². The minimum atomic E-state index is -0.212. The fourth-order valence-corrected chi connectivity index (χ4v) is 4.32. The number of amides is 1. The molecule has 29 heavy (non-hydrogen) atoms. The number of carbonyl (C=O) groups is 1. The zero-order valence-electron chi connectivity index (χ0n) is 15.7. The number of methoxy groups -OCH3 is 2. The first-order valence-corrected chi connectivity index (χ1v) is 10.7. The van der Waals surface area contributed by atoms with Crippen molar-refractivity contribution in [3.63, 3.8) is 0 Å². The van der Waals surface area contributed by atoms with Crippen molar-refractivity contribution in [2.75, 3.05) is 25.3 Å². The van der Waals surface area contributed by atoms with Crippen LogP contribution in [0.15, 0.2) is 69.8 Å². The first-order chi connectivity index (χ1) is 14.1. The summed E-state index contributed by atoms with van der Waals surface area (Å²) in [6, 6.07) is 13.1. The summed E-state index contributed by atoms with van der Waals surface area (Å²) in [6.45, 7) is 0. The third-order valence-corrected chi connectivity index (χ3v) is 6.08. The molecule has 0 unspecified atom stereocenters. The zero-order valence-corrected chi connectivity index (χ0v) is 18.1. The first-order valence-electron chi connectivity index (χ1n) is 8.48. The van der Waals surface area contributed by atoms with Gasteiger partial charge in [-0.05, 0) is 18.2 Å². The molecule has 0 bridgehead atoms. The van der Waals surface area contributed by atoms with Crippen LogP contribution < -0.4 is 14.8 Å². The summed E-state index contributed by atoms with van der Waals surface area (Å²) < 4.78 is 10.5. The van der Waals surface area contributed by atoms with Gasteiger partial charge in [-0.15, -0.1) is 0 Å². The van der Waals surface area contributed by atoms with E-state index in [1.54, 1.807) is 24.5 Å². The Bertz CT molecular complexity index is 990. The second-order valence-electron chi connectivity index (χ2n) is 5.61. The van der Waals surface area contributed by atoms with Gasteiger partial charge in [0.1, 0.15) is 21.6 Å². The number of rotatable bonds is 8. The third kappa shape index (κ3) is 5.79. The van der Waals surface area contributed by atoms with Crippen LogP contribution in [0.25, 0.3) is 0 Å². The lowest BCUT2D eigenvalue weighted by Crippen LogP contribution is -2.15. The van der Waals surface area contributed by atoms with Crippen molar-refractivity contribution < 1.29 is 14.3 Å². The SMILES string of the molecule is COc1cc(OC)c(NC(=O)CSc2nccnc2Sc2ccccc2)cc1Cl. The van der Waals surface area contributed by atoms with Gasteiger partial charge >= 0.3 is 0 Å². The molecule has 1 N–H and O–H groups in total. The smallest absolute Gasteiger partial charge is 0.234 e. The summed E-state index contributed by atoms with van der Waals surface area (Å²) in [5.41, 5.74) is 0.474. The third-order valence-electron chi connectivity index (χ3n) is 3.68. The summed E-state index contributed by atoms with van der Waals surface area (Å²) in [5.74, 6) is 0.881.